The van der Waals surface area contributed by atoms with Gasteiger partial charge in [0.15, 0.2) is 0 Å². The zero-order valence-corrected chi connectivity index (χ0v) is 15.1. The van der Waals surface area contributed by atoms with E-state index in [2.05, 4.69) is 10.00 Å². The molecule has 6 nitrogen and oxygen atoms in total. The number of hydrogen-bond donors (Lipinski definition) is 1. The zero-order chi connectivity index (χ0) is 17.6. The number of halogens is 1. The Morgan fingerprint density at radius 1 is 1.40 bits per heavy atom. The van der Waals surface area contributed by atoms with Gasteiger partial charge in [-0.2, -0.15) is 5.10 Å². The molecule has 1 N–H and O–H groups in total. The van der Waals surface area contributed by atoms with Crippen molar-refractivity contribution in [3.8, 4) is 5.75 Å². The van der Waals surface area contributed by atoms with Crippen molar-refractivity contribution in [1.82, 2.24) is 14.7 Å². The third-order valence-electron chi connectivity index (χ3n) is 4.10. The summed E-state index contributed by atoms with van der Waals surface area (Å²) in [6.07, 6.45) is 3.38. The fourth-order valence-corrected chi connectivity index (χ4v) is 3.03. The maximum absolute atomic E-state index is 10.2. The number of ether oxygens (including phenoxy) is 2. The Kier molecular flexibility index (Phi) is 6.31. The van der Waals surface area contributed by atoms with Gasteiger partial charge in [-0.25, -0.2) is 0 Å². The molecular formula is C18H24ClN3O3. The molecule has 25 heavy (non-hydrogen) atoms. The molecule has 1 aliphatic heterocycles. The van der Waals surface area contributed by atoms with Gasteiger partial charge in [0.1, 0.15) is 18.5 Å². The van der Waals surface area contributed by atoms with Crippen molar-refractivity contribution in [3.63, 3.8) is 0 Å². The normalized spacial score (nSPS) is 19.7. The number of rotatable bonds is 7. The number of nitrogens with zero attached hydrogens (tertiary/aromatic N) is 3. The summed E-state index contributed by atoms with van der Waals surface area (Å²) in [6.45, 7) is 5.81. The third-order valence-corrected chi connectivity index (χ3v) is 4.35. The van der Waals surface area contributed by atoms with Crippen LogP contribution in [-0.2, 0) is 11.3 Å². The Morgan fingerprint density at radius 2 is 2.20 bits per heavy atom. The second-order valence-corrected chi connectivity index (χ2v) is 6.85. The average Bonchev–Trinajstić information content (AvgIpc) is 2.99. The van der Waals surface area contributed by atoms with Crippen molar-refractivity contribution in [2.75, 3.05) is 32.8 Å². The van der Waals surface area contributed by atoms with Crippen molar-refractivity contribution in [2.45, 2.75) is 25.7 Å². The van der Waals surface area contributed by atoms with Gasteiger partial charge in [-0.1, -0.05) is 11.6 Å². The summed E-state index contributed by atoms with van der Waals surface area (Å²) >= 11 is 5.85. The average molecular weight is 366 g/mol. The Balaban J connectivity index is 1.42. The number of benzene rings is 1. The molecule has 1 aromatic heterocycles. The SMILES string of the molecule is Cc1cnn(CC2CN(CC(O)COc3ccc(Cl)cc3)CCO2)c1. The van der Waals surface area contributed by atoms with E-state index in [1.165, 1.54) is 0 Å². The molecule has 0 spiro atoms. The van der Waals surface area contributed by atoms with E-state index < -0.39 is 6.10 Å². The summed E-state index contributed by atoms with van der Waals surface area (Å²) in [4.78, 5) is 2.21. The number of aromatic nitrogens is 2. The molecule has 2 unspecified atom stereocenters. The van der Waals surface area contributed by atoms with Gasteiger partial charge < -0.3 is 14.6 Å². The Hall–Kier alpha value is -1.60. The number of morpholine rings is 1. The van der Waals surface area contributed by atoms with E-state index in [9.17, 15) is 5.11 Å². The van der Waals surface area contributed by atoms with Crippen LogP contribution in [0, 0.1) is 6.92 Å². The van der Waals surface area contributed by atoms with Gasteiger partial charge in [-0.15, -0.1) is 0 Å². The first-order valence-corrected chi connectivity index (χ1v) is 8.86. The summed E-state index contributed by atoms with van der Waals surface area (Å²) in [5, 5.41) is 15.2. The first-order valence-electron chi connectivity index (χ1n) is 8.48. The second kappa shape index (κ2) is 8.67. The Labute approximate surface area is 152 Å². The van der Waals surface area contributed by atoms with E-state index in [4.69, 9.17) is 21.1 Å². The van der Waals surface area contributed by atoms with Gasteiger partial charge in [0.25, 0.3) is 0 Å². The lowest BCUT2D eigenvalue weighted by Gasteiger charge is -2.34. The van der Waals surface area contributed by atoms with Gasteiger partial charge in [-0.3, -0.25) is 9.58 Å². The molecule has 7 heteroatoms. The number of aliphatic hydroxyl groups is 1. The molecule has 1 fully saturated rings. The predicted molar refractivity (Wildman–Crippen MR) is 96.1 cm³/mol. The highest BCUT2D eigenvalue weighted by Crippen LogP contribution is 2.16. The minimum Gasteiger partial charge on any atom is -0.491 e. The maximum Gasteiger partial charge on any atom is 0.119 e. The number of β-amino-alcohol motifs (C(OH)–C–C–N with tert-alkyl or cyclic N) is 1. The minimum absolute atomic E-state index is 0.0810. The third kappa shape index (κ3) is 5.71. The second-order valence-electron chi connectivity index (χ2n) is 6.41. The standard InChI is InChI=1S/C18H24ClN3O3/c1-14-8-20-22(9-14)12-18-11-21(6-7-24-18)10-16(23)13-25-17-4-2-15(19)3-5-17/h2-5,8-9,16,18,23H,6-7,10-13H2,1H3. The van der Waals surface area contributed by atoms with Gasteiger partial charge in [0.05, 0.1) is 25.5 Å². The van der Waals surface area contributed by atoms with Crippen LogP contribution in [0.15, 0.2) is 36.7 Å². The summed E-state index contributed by atoms with van der Waals surface area (Å²) in [7, 11) is 0. The smallest absolute Gasteiger partial charge is 0.119 e. The molecule has 1 aliphatic rings. The molecule has 0 radical (unpaired) electrons. The van der Waals surface area contributed by atoms with Crippen molar-refractivity contribution in [1.29, 1.82) is 0 Å². The van der Waals surface area contributed by atoms with Crippen molar-refractivity contribution >= 4 is 11.6 Å². The van der Waals surface area contributed by atoms with E-state index in [0.29, 0.717) is 23.9 Å². The topological polar surface area (TPSA) is 59.8 Å². The molecule has 2 atom stereocenters. The van der Waals surface area contributed by atoms with Gasteiger partial charge in [0.2, 0.25) is 0 Å². The quantitative estimate of drug-likeness (QED) is 0.813. The van der Waals surface area contributed by atoms with Crippen molar-refractivity contribution < 1.29 is 14.6 Å². The first-order chi connectivity index (χ1) is 12.1. The summed E-state index contributed by atoms with van der Waals surface area (Å²) in [5.41, 5.74) is 1.14. The summed E-state index contributed by atoms with van der Waals surface area (Å²) in [6, 6.07) is 7.14. The van der Waals surface area contributed by atoms with Crippen molar-refractivity contribution in [2.24, 2.45) is 0 Å². The van der Waals surface area contributed by atoms with Crippen LogP contribution in [0.2, 0.25) is 5.02 Å². The van der Waals surface area contributed by atoms with E-state index in [1.807, 2.05) is 24.0 Å². The molecule has 1 aromatic carbocycles. The van der Waals surface area contributed by atoms with Crippen LogP contribution in [0.1, 0.15) is 5.56 Å². The molecule has 0 bridgehead atoms. The minimum atomic E-state index is -0.554. The van der Waals surface area contributed by atoms with Crippen molar-refractivity contribution in [3.05, 3.63) is 47.2 Å². The Bertz CT molecular complexity index is 662. The highest BCUT2D eigenvalue weighted by atomic mass is 35.5. The predicted octanol–water partition coefficient (Wildman–Crippen LogP) is 1.99. The molecule has 136 valence electrons. The van der Waals surface area contributed by atoms with E-state index in [0.717, 1.165) is 25.2 Å². The lowest BCUT2D eigenvalue weighted by molar-refractivity contribution is -0.0517. The molecule has 1 saturated heterocycles. The van der Waals surface area contributed by atoms with Crippen LogP contribution < -0.4 is 4.74 Å². The molecular weight excluding hydrogens is 342 g/mol. The van der Waals surface area contributed by atoms with E-state index in [1.54, 1.807) is 24.3 Å². The van der Waals surface area contributed by atoms with Crippen LogP contribution in [0.25, 0.3) is 0 Å². The molecule has 2 aromatic rings. The van der Waals surface area contributed by atoms with Crippen LogP contribution in [0.3, 0.4) is 0 Å². The van der Waals surface area contributed by atoms with Gasteiger partial charge in [-0.05, 0) is 36.8 Å². The molecule has 0 aliphatic carbocycles. The molecule has 2 heterocycles. The molecule has 0 saturated carbocycles. The highest BCUT2D eigenvalue weighted by Gasteiger charge is 2.23. The largest absolute Gasteiger partial charge is 0.491 e. The van der Waals surface area contributed by atoms with Crippen LogP contribution in [-0.4, -0.2) is 64.8 Å². The number of hydrogen-bond acceptors (Lipinski definition) is 5. The van der Waals surface area contributed by atoms with E-state index in [-0.39, 0.29) is 12.7 Å². The van der Waals surface area contributed by atoms with Crippen LogP contribution in [0.4, 0.5) is 0 Å². The fraction of sp³-hybridized carbons (Fsp3) is 0.500. The maximum atomic E-state index is 10.2. The lowest BCUT2D eigenvalue weighted by atomic mass is 10.2. The summed E-state index contributed by atoms with van der Waals surface area (Å²) in [5.74, 6) is 0.706. The summed E-state index contributed by atoms with van der Waals surface area (Å²) < 4.78 is 13.3. The number of aliphatic hydroxyl groups excluding tert-OH is 1. The highest BCUT2D eigenvalue weighted by molar-refractivity contribution is 6.30. The monoisotopic (exact) mass is 365 g/mol. The van der Waals surface area contributed by atoms with Crippen LogP contribution in [0.5, 0.6) is 5.75 Å². The fourth-order valence-electron chi connectivity index (χ4n) is 2.91. The van der Waals surface area contributed by atoms with E-state index >= 15 is 0 Å². The zero-order valence-electron chi connectivity index (χ0n) is 14.3. The van der Waals surface area contributed by atoms with Gasteiger partial charge >= 0.3 is 0 Å². The lowest BCUT2D eigenvalue weighted by Crippen LogP contribution is -2.47. The molecule has 0 amide bonds. The Morgan fingerprint density at radius 3 is 2.92 bits per heavy atom. The van der Waals surface area contributed by atoms with Crippen LogP contribution >= 0.6 is 11.6 Å². The molecule has 3 rings (SSSR count). The van der Waals surface area contributed by atoms with Gasteiger partial charge in [0, 0.05) is 30.9 Å². The number of aryl methyl sites for hydroxylation is 1. The first kappa shape index (κ1) is 18.2.